The van der Waals surface area contributed by atoms with E-state index in [2.05, 4.69) is 37.1 Å². The lowest BCUT2D eigenvalue weighted by Gasteiger charge is -2.10. The molecule has 0 saturated heterocycles. The number of halogens is 1. The van der Waals surface area contributed by atoms with Crippen LogP contribution in [0.3, 0.4) is 0 Å². The Bertz CT molecular complexity index is 869. The van der Waals surface area contributed by atoms with E-state index < -0.39 is 0 Å². The van der Waals surface area contributed by atoms with Crippen LogP contribution in [0.25, 0.3) is 11.0 Å². The maximum Gasteiger partial charge on any atom is 0.174 e. The van der Waals surface area contributed by atoms with E-state index in [1.54, 1.807) is 25.1 Å². The quantitative estimate of drug-likeness (QED) is 0.555. The average Bonchev–Trinajstić information content (AvgIpc) is 2.94. The number of hydrogen-bond donors (Lipinski definition) is 2. The number of rotatable bonds is 6. The Kier molecular flexibility index (Phi) is 5.47. The summed E-state index contributed by atoms with van der Waals surface area (Å²) in [6, 6.07) is 7.83. The number of anilines is 1. The molecule has 2 aromatic heterocycles. The molecule has 0 radical (unpaired) electrons. The van der Waals surface area contributed by atoms with Crippen molar-refractivity contribution < 1.29 is 9.84 Å². The number of aliphatic hydroxyl groups is 1. The fourth-order valence-electron chi connectivity index (χ4n) is 2.36. The van der Waals surface area contributed by atoms with Crippen molar-refractivity contribution in [2.24, 2.45) is 0 Å². The summed E-state index contributed by atoms with van der Waals surface area (Å²) in [5, 5.41) is 10.0. The molecule has 8 heteroatoms. The van der Waals surface area contributed by atoms with E-state index in [4.69, 9.17) is 10.5 Å². The fraction of sp³-hybridized carbons (Fsp3) is 0.250. The van der Waals surface area contributed by atoms with Gasteiger partial charge in [0, 0.05) is 27.8 Å². The molecular weight excluding hydrogens is 439 g/mol. The summed E-state index contributed by atoms with van der Waals surface area (Å²) in [5.74, 6) is 1.22. The van der Waals surface area contributed by atoms with Crippen molar-refractivity contribution in [1.82, 2.24) is 14.5 Å². The van der Waals surface area contributed by atoms with Gasteiger partial charge in [0.2, 0.25) is 0 Å². The molecule has 0 amide bonds. The van der Waals surface area contributed by atoms with Gasteiger partial charge in [0.15, 0.2) is 11.0 Å². The molecule has 0 aliphatic rings. The molecular formula is C16H17IN4O2S. The minimum atomic E-state index is 0.126. The second kappa shape index (κ2) is 7.58. The number of nitrogen functional groups attached to an aromatic ring is 1. The zero-order valence-electron chi connectivity index (χ0n) is 13.1. The number of pyridine rings is 1. The van der Waals surface area contributed by atoms with E-state index in [1.165, 1.54) is 0 Å². The lowest BCUT2D eigenvalue weighted by Crippen LogP contribution is -2.02. The number of aromatic nitrogens is 3. The summed E-state index contributed by atoms with van der Waals surface area (Å²) in [6.07, 6.45) is 2.33. The van der Waals surface area contributed by atoms with Crippen LogP contribution in [0.2, 0.25) is 0 Å². The first-order valence-corrected chi connectivity index (χ1v) is 9.26. The zero-order chi connectivity index (χ0) is 17.1. The Morgan fingerprint density at radius 1 is 1.38 bits per heavy atom. The van der Waals surface area contributed by atoms with Crippen LogP contribution in [-0.2, 0) is 6.54 Å². The SMILES string of the molecule is COc1ccc(I)c(Sc2nc3c(N)nccc3n2CCCO)c1. The predicted octanol–water partition coefficient (Wildman–Crippen LogP) is 3.16. The number of nitrogens with two attached hydrogens (primary N) is 1. The third kappa shape index (κ3) is 3.45. The first kappa shape index (κ1) is 17.3. The Morgan fingerprint density at radius 2 is 2.21 bits per heavy atom. The van der Waals surface area contributed by atoms with Gasteiger partial charge in [0.25, 0.3) is 0 Å². The number of benzene rings is 1. The topological polar surface area (TPSA) is 86.2 Å². The second-order valence-electron chi connectivity index (χ2n) is 5.09. The third-order valence-corrected chi connectivity index (χ3v) is 5.90. The lowest BCUT2D eigenvalue weighted by molar-refractivity contribution is 0.279. The van der Waals surface area contributed by atoms with Crippen LogP contribution in [0, 0.1) is 3.57 Å². The molecule has 126 valence electrons. The van der Waals surface area contributed by atoms with Gasteiger partial charge in [-0.2, -0.15) is 0 Å². The zero-order valence-corrected chi connectivity index (χ0v) is 16.0. The van der Waals surface area contributed by atoms with Gasteiger partial charge in [-0.1, -0.05) is 11.8 Å². The first-order valence-electron chi connectivity index (χ1n) is 7.37. The van der Waals surface area contributed by atoms with Gasteiger partial charge in [0.1, 0.15) is 11.3 Å². The predicted molar refractivity (Wildman–Crippen MR) is 103 cm³/mol. The smallest absolute Gasteiger partial charge is 0.174 e. The Morgan fingerprint density at radius 3 is 2.96 bits per heavy atom. The Labute approximate surface area is 157 Å². The van der Waals surface area contributed by atoms with Crippen LogP contribution >= 0.6 is 34.4 Å². The molecule has 0 spiro atoms. The van der Waals surface area contributed by atoms with E-state index in [-0.39, 0.29) is 6.61 Å². The standard InChI is InChI=1S/C16H17IN4O2S/c1-23-10-3-4-11(17)13(9-10)24-16-20-14-12(5-6-19-15(14)18)21(16)7-2-8-22/h3-6,9,22H,2,7-8H2,1H3,(H2,18,19). The van der Waals surface area contributed by atoms with Crippen molar-refractivity contribution in [2.45, 2.75) is 23.0 Å². The maximum absolute atomic E-state index is 9.19. The molecule has 6 nitrogen and oxygen atoms in total. The van der Waals surface area contributed by atoms with Crippen molar-refractivity contribution in [2.75, 3.05) is 19.5 Å². The minimum absolute atomic E-state index is 0.126. The summed E-state index contributed by atoms with van der Waals surface area (Å²) in [4.78, 5) is 9.84. The second-order valence-corrected chi connectivity index (χ2v) is 7.26. The Balaban J connectivity index is 2.06. The molecule has 24 heavy (non-hydrogen) atoms. The van der Waals surface area contributed by atoms with Crippen LogP contribution < -0.4 is 10.5 Å². The molecule has 0 bridgehead atoms. The molecule has 3 rings (SSSR count). The van der Waals surface area contributed by atoms with E-state index in [0.717, 1.165) is 24.9 Å². The Hall–Kier alpha value is -1.52. The van der Waals surface area contributed by atoms with Gasteiger partial charge in [0.05, 0.1) is 12.6 Å². The maximum atomic E-state index is 9.19. The van der Waals surface area contributed by atoms with Gasteiger partial charge >= 0.3 is 0 Å². The van der Waals surface area contributed by atoms with E-state index in [1.807, 2.05) is 24.3 Å². The summed E-state index contributed by atoms with van der Waals surface area (Å²) in [7, 11) is 1.65. The van der Waals surface area contributed by atoms with E-state index >= 15 is 0 Å². The summed E-state index contributed by atoms with van der Waals surface area (Å²) in [5.41, 5.74) is 7.59. The molecule has 0 atom stereocenters. The normalized spacial score (nSPS) is 11.1. The van der Waals surface area contributed by atoms with Gasteiger partial charge < -0.3 is 20.1 Å². The molecule has 0 saturated carbocycles. The number of nitrogens with zero attached hydrogens (tertiary/aromatic N) is 3. The highest BCUT2D eigenvalue weighted by Gasteiger charge is 2.16. The number of methoxy groups -OCH3 is 1. The molecule has 0 aliphatic heterocycles. The number of imidazole rings is 1. The summed E-state index contributed by atoms with van der Waals surface area (Å²) >= 11 is 3.85. The highest BCUT2D eigenvalue weighted by molar-refractivity contribution is 14.1. The molecule has 2 heterocycles. The number of hydrogen-bond acceptors (Lipinski definition) is 6. The van der Waals surface area contributed by atoms with Crippen LogP contribution in [-0.4, -0.2) is 33.4 Å². The van der Waals surface area contributed by atoms with Gasteiger partial charge in [-0.05, 0) is 53.3 Å². The van der Waals surface area contributed by atoms with E-state index in [0.29, 0.717) is 24.3 Å². The van der Waals surface area contributed by atoms with Gasteiger partial charge in [-0.15, -0.1) is 0 Å². The summed E-state index contributed by atoms with van der Waals surface area (Å²) < 4.78 is 8.50. The lowest BCUT2D eigenvalue weighted by atomic mass is 10.3. The van der Waals surface area contributed by atoms with Crippen molar-refractivity contribution in [3.05, 3.63) is 34.0 Å². The average molecular weight is 456 g/mol. The summed E-state index contributed by atoms with van der Waals surface area (Å²) in [6.45, 7) is 0.792. The third-order valence-electron chi connectivity index (χ3n) is 3.54. The van der Waals surface area contributed by atoms with Crippen molar-refractivity contribution in [3.63, 3.8) is 0 Å². The van der Waals surface area contributed by atoms with Crippen LogP contribution in [0.5, 0.6) is 5.75 Å². The number of aryl methyl sites for hydroxylation is 1. The fourth-order valence-corrected chi connectivity index (χ4v) is 4.00. The number of fused-ring (bicyclic) bond motifs is 1. The van der Waals surface area contributed by atoms with Gasteiger partial charge in [-0.25, -0.2) is 9.97 Å². The van der Waals surface area contributed by atoms with E-state index in [9.17, 15) is 5.11 Å². The molecule has 0 unspecified atom stereocenters. The minimum Gasteiger partial charge on any atom is -0.497 e. The molecule has 0 aliphatic carbocycles. The number of ether oxygens (including phenoxy) is 1. The van der Waals surface area contributed by atoms with Gasteiger partial charge in [-0.3, -0.25) is 0 Å². The van der Waals surface area contributed by atoms with Crippen LogP contribution in [0.1, 0.15) is 6.42 Å². The van der Waals surface area contributed by atoms with Crippen LogP contribution in [0.4, 0.5) is 5.82 Å². The molecule has 0 fully saturated rings. The first-order chi connectivity index (χ1) is 11.6. The highest BCUT2D eigenvalue weighted by atomic mass is 127. The highest BCUT2D eigenvalue weighted by Crippen LogP contribution is 2.35. The number of aliphatic hydroxyl groups excluding tert-OH is 1. The largest absolute Gasteiger partial charge is 0.497 e. The van der Waals surface area contributed by atoms with Crippen LogP contribution in [0.15, 0.2) is 40.5 Å². The monoisotopic (exact) mass is 456 g/mol. The molecule has 1 aromatic carbocycles. The molecule has 3 N–H and O–H groups in total. The molecule has 3 aromatic rings. The van der Waals surface area contributed by atoms with Crippen molar-refractivity contribution >= 4 is 51.2 Å². The van der Waals surface area contributed by atoms with Crippen molar-refractivity contribution in [1.29, 1.82) is 0 Å². The van der Waals surface area contributed by atoms with Crippen molar-refractivity contribution in [3.8, 4) is 5.75 Å².